The van der Waals surface area contributed by atoms with Gasteiger partial charge in [-0.05, 0) is 110 Å². The molecule has 6 rings (SSSR count). The summed E-state index contributed by atoms with van der Waals surface area (Å²) in [6, 6.07) is 13.6. The minimum atomic E-state index is 0.220. The molecule has 0 spiro atoms. The van der Waals surface area contributed by atoms with E-state index in [4.69, 9.17) is 5.10 Å². The maximum Gasteiger partial charge on any atom is 0.164 e. The van der Waals surface area contributed by atoms with Crippen molar-refractivity contribution in [3.05, 3.63) is 82.7 Å². The first-order chi connectivity index (χ1) is 17.8. The largest absolute Gasteiger partial charge is 0.304 e. The number of rotatable bonds is 6. The second kappa shape index (κ2) is 8.55. The fraction of sp³-hybridized carbons (Fsp3) is 0.424. The summed E-state index contributed by atoms with van der Waals surface area (Å²) in [5.41, 5.74) is 8.62. The summed E-state index contributed by atoms with van der Waals surface area (Å²) < 4.78 is 2.34. The van der Waals surface area contributed by atoms with Gasteiger partial charge in [0.1, 0.15) is 5.82 Å². The number of hydrogen-bond acceptors (Lipinski definition) is 3. The highest BCUT2D eigenvalue weighted by Crippen LogP contribution is 2.75. The molecule has 3 aromatic rings. The number of hydrogen-bond donors (Lipinski definition) is 0. The SMILES string of the molecule is CC[C@]1(C)CC1(c1ccc(-c2c(C)cc(C#N)cc2C)cc1-c1nnc(C)n1C1C=CC=CC1)C1CC1. The zero-order valence-corrected chi connectivity index (χ0v) is 22.7. The standard InChI is InChI=1S/C33H36N4/c1-6-32(5)20-33(32,26-13-14-26)29-15-12-25(30-21(2)16-24(19-34)17-22(30)3)18-28(29)31-36-35-23(4)37(31)27-10-8-7-9-11-27/h7-10,12,15-18,26-27H,6,11,13-14,20H2,1-5H3/t27?,32-,33?/m1/s1. The molecule has 3 aliphatic rings. The van der Waals surface area contributed by atoms with Crippen LogP contribution in [0.2, 0.25) is 0 Å². The molecule has 4 nitrogen and oxygen atoms in total. The third-order valence-electron chi connectivity index (χ3n) is 9.52. The van der Waals surface area contributed by atoms with Gasteiger partial charge in [0, 0.05) is 11.0 Å². The normalized spacial score (nSPS) is 26.3. The van der Waals surface area contributed by atoms with Crippen LogP contribution in [0.4, 0.5) is 0 Å². The molecule has 3 atom stereocenters. The average Bonchev–Trinajstić information content (AvgIpc) is 3.81. The minimum absolute atomic E-state index is 0.220. The summed E-state index contributed by atoms with van der Waals surface area (Å²) in [5.74, 6) is 2.70. The molecule has 37 heavy (non-hydrogen) atoms. The number of aryl methyl sites for hydroxylation is 3. The van der Waals surface area contributed by atoms with Crippen molar-refractivity contribution in [1.29, 1.82) is 5.26 Å². The van der Waals surface area contributed by atoms with Crippen molar-refractivity contribution in [2.75, 3.05) is 0 Å². The smallest absolute Gasteiger partial charge is 0.164 e. The van der Waals surface area contributed by atoms with E-state index in [0.717, 1.165) is 35.1 Å². The Balaban J connectivity index is 1.59. The lowest BCUT2D eigenvalue weighted by Gasteiger charge is -2.27. The van der Waals surface area contributed by atoms with Gasteiger partial charge in [-0.25, -0.2) is 0 Å². The molecule has 0 bridgehead atoms. The lowest BCUT2D eigenvalue weighted by atomic mass is 9.78. The van der Waals surface area contributed by atoms with Crippen LogP contribution in [-0.2, 0) is 5.41 Å². The molecule has 2 saturated carbocycles. The van der Waals surface area contributed by atoms with Gasteiger partial charge in [0.05, 0.1) is 17.7 Å². The zero-order valence-electron chi connectivity index (χ0n) is 22.7. The zero-order chi connectivity index (χ0) is 25.9. The highest BCUT2D eigenvalue weighted by molar-refractivity contribution is 5.79. The molecule has 3 aliphatic carbocycles. The number of allylic oxidation sites excluding steroid dienone is 4. The molecule has 1 aromatic heterocycles. The Kier molecular flexibility index (Phi) is 5.53. The van der Waals surface area contributed by atoms with E-state index >= 15 is 0 Å². The van der Waals surface area contributed by atoms with Crippen molar-refractivity contribution in [3.63, 3.8) is 0 Å². The average molecular weight is 489 g/mol. The Morgan fingerprint density at radius 2 is 1.81 bits per heavy atom. The molecular formula is C33H36N4. The van der Waals surface area contributed by atoms with Gasteiger partial charge < -0.3 is 4.57 Å². The first kappa shape index (κ1) is 23.9. The fourth-order valence-corrected chi connectivity index (χ4v) is 7.33. The van der Waals surface area contributed by atoms with Crippen LogP contribution in [-0.4, -0.2) is 14.8 Å². The van der Waals surface area contributed by atoms with Crippen LogP contribution in [0.5, 0.6) is 0 Å². The third-order valence-corrected chi connectivity index (χ3v) is 9.52. The van der Waals surface area contributed by atoms with Crippen LogP contribution in [0, 0.1) is 43.4 Å². The molecule has 0 N–H and O–H groups in total. The van der Waals surface area contributed by atoms with Crippen LogP contribution >= 0.6 is 0 Å². The maximum atomic E-state index is 9.48. The second-order valence-electron chi connectivity index (χ2n) is 11.8. The van der Waals surface area contributed by atoms with E-state index in [1.807, 2.05) is 12.1 Å². The minimum Gasteiger partial charge on any atom is -0.304 e. The molecule has 0 radical (unpaired) electrons. The highest BCUT2D eigenvalue weighted by Gasteiger charge is 2.70. The molecular weight excluding hydrogens is 452 g/mol. The Labute approximate surface area is 220 Å². The molecule has 4 heteroatoms. The summed E-state index contributed by atoms with van der Waals surface area (Å²) in [4.78, 5) is 0. The van der Waals surface area contributed by atoms with Crippen LogP contribution in [0.15, 0.2) is 54.6 Å². The highest BCUT2D eigenvalue weighted by atomic mass is 15.3. The van der Waals surface area contributed by atoms with Crippen molar-refractivity contribution >= 4 is 0 Å². The Bertz CT molecular complexity index is 1470. The molecule has 1 heterocycles. The monoisotopic (exact) mass is 488 g/mol. The molecule has 2 fully saturated rings. The van der Waals surface area contributed by atoms with Crippen molar-refractivity contribution in [1.82, 2.24) is 14.8 Å². The molecule has 188 valence electrons. The van der Waals surface area contributed by atoms with Crippen LogP contribution in [0.25, 0.3) is 22.5 Å². The predicted molar refractivity (Wildman–Crippen MR) is 149 cm³/mol. The summed E-state index contributed by atoms with van der Waals surface area (Å²) in [6.07, 6.45) is 14.8. The molecule has 2 unspecified atom stereocenters. The van der Waals surface area contributed by atoms with Crippen LogP contribution in [0.1, 0.15) is 80.1 Å². The maximum absolute atomic E-state index is 9.48. The van der Waals surface area contributed by atoms with E-state index in [0.29, 0.717) is 11.0 Å². The van der Waals surface area contributed by atoms with Gasteiger partial charge in [0.15, 0.2) is 5.82 Å². The van der Waals surface area contributed by atoms with Gasteiger partial charge in [0.25, 0.3) is 0 Å². The van der Waals surface area contributed by atoms with E-state index in [2.05, 4.69) is 92.9 Å². The van der Waals surface area contributed by atoms with E-state index in [1.165, 1.54) is 47.9 Å². The van der Waals surface area contributed by atoms with E-state index in [-0.39, 0.29) is 11.5 Å². The van der Waals surface area contributed by atoms with Crippen molar-refractivity contribution in [2.24, 2.45) is 11.3 Å². The first-order valence-corrected chi connectivity index (χ1v) is 13.7. The number of benzene rings is 2. The van der Waals surface area contributed by atoms with Gasteiger partial charge in [-0.15, -0.1) is 10.2 Å². The summed E-state index contributed by atoms with van der Waals surface area (Å²) in [5, 5.41) is 18.9. The number of nitrogens with zero attached hydrogens (tertiary/aromatic N) is 4. The summed E-state index contributed by atoms with van der Waals surface area (Å²) in [7, 11) is 0. The lowest BCUT2D eigenvalue weighted by Crippen LogP contribution is -2.21. The third kappa shape index (κ3) is 3.62. The lowest BCUT2D eigenvalue weighted by molar-refractivity contribution is 0.404. The first-order valence-electron chi connectivity index (χ1n) is 13.7. The van der Waals surface area contributed by atoms with Crippen LogP contribution in [0.3, 0.4) is 0 Å². The van der Waals surface area contributed by atoms with E-state index < -0.39 is 0 Å². The Morgan fingerprint density at radius 1 is 1.05 bits per heavy atom. The molecule has 0 aliphatic heterocycles. The van der Waals surface area contributed by atoms with Gasteiger partial charge >= 0.3 is 0 Å². The Morgan fingerprint density at radius 3 is 2.41 bits per heavy atom. The van der Waals surface area contributed by atoms with E-state index in [9.17, 15) is 5.26 Å². The van der Waals surface area contributed by atoms with Gasteiger partial charge in [-0.3, -0.25) is 0 Å². The number of aromatic nitrogens is 3. The topological polar surface area (TPSA) is 54.5 Å². The van der Waals surface area contributed by atoms with Gasteiger partial charge in [-0.2, -0.15) is 5.26 Å². The predicted octanol–water partition coefficient (Wildman–Crippen LogP) is 7.93. The quantitative estimate of drug-likeness (QED) is 0.354. The van der Waals surface area contributed by atoms with Gasteiger partial charge in [0.2, 0.25) is 0 Å². The molecule has 0 amide bonds. The van der Waals surface area contributed by atoms with Crippen molar-refractivity contribution in [3.8, 4) is 28.6 Å². The van der Waals surface area contributed by atoms with E-state index in [1.54, 1.807) is 0 Å². The Hall–Kier alpha value is -3.45. The fourth-order valence-electron chi connectivity index (χ4n) is 7.33. The second-order valence-corrected chi connectivity index (χ2v) is 11.8. The number of nitriles is 1. The molecule has 2 aromatic carbocycles. The van der Waals surface area contributed by atoms with Crippen molar-refractivity contribution < 1.29 is 0 Å². The van der Waals surface area contributed by atoms with Crippen LogP contribution < -0.4 is 0 Å². The van der Waals surface area contributed by atoms with Gasteiger partial charge in [-0.1, -0.05) is 50.3 Å². The summed E-state index contributed by atoms with van der Waals surface area (Å²) in [6.45, 7) is 11.1. The van der Waals surface area contributed by atoms with Crippen molar-refractivity contribution in [2.45, 2.75) is 78.2 Å². The summed E-state index contributed by atoms with van der Waals surface area (Å²) >= 11 is 0. The molecule has 0 saturated heterocycles.